The Labute approximate surface area is 194 Å². The second kappa shape index (κ2) is 9.40. The summed E-state index contributed by atoms with van der Waals surface area (Å²) in [5.74, 6) is -0.720. The van der Waals surface area contributed by atoms with E-state index in [-0.39, 0.29) is 0 Å². The predicted octanol–water partition coefficient (Wildman–Crippen LogP) is 5.70. The van der Waals surface area contributed by atoms with Crippen molar-refractivity contribution in [1.82, 2.24) is 4.98 Å². The number of carboxylic acid groups (broad SMARTS) is 1. The molecule has 2 N–H and O–H groups in total. The number of hydrogen-bond acceptors (Lipinski definition) is 4. The second-order valence-corrected chi connectivity index (χ2v) is 8.30. The number of hydrogen-bond donors (Lipinski definition) is 2. The highest BCUT2D eigenvalue weighted by molar-refractivity contribution is 6.15. The summed E-state index contributed by atoms with van der Waals surface area (Å²) in [7, 11) is 3.40. The van der Waals surface area contributed by atoms with Crippen molar-refractivity contribution in [3.63, 3.8) is 0 Å². The summed E-state index contributed by atoms with van der Waals surface area (Å²) in [4.78, 5) is 17.7. The van der Waals surface area contributed by atoms with Crippen molar-refractivity contribution < 1.29 is 32.5 Å². The standard InChI is InChI=1S/C23H24N2O2.C2HF3O2/c1-26-21-12-16-15-8-4-6-10-19(15)25-23(17(16)13-22(21)27-2)20-11-14-7-3-5-9-18(14)24-20;3-2(4,5)1(6)7/h3,5,7,9,11-13,15,19,24H,4,6,8,10H2,1-2H3;(H,6,7)/t15-,19-;/m0./s1. The number of carbonyl (C=O) groups is 1. The van der Waals surface area contributed by atoms with Gasteiger partial charge < -0.3 is 19.6 Å². The fourth-order valence-corrected chi connectivity index (χ4v) is 4.69. The number of nitrogens with one attached hydrogen (secondary N) is 1. The number of nitrogens with zero attached hydrogens (tertiary/aromatic N) is 1. The molecule has 3 aromatic rings. The van der Waals surface area contributed by atoms with Gasteiger partial charge in [0, 0.05) is 22.4 Å². The molecule has 1 saturated carbocycles. The van der Waals surface area contributed by atoms with E-state index in [4.69, 9.17) is 24.4 Å². The Kier molecular flexibility index (Phi) is 6.54. The van der Waals surface area contributed by atoms with Gasteiger partial charge in [0.15, 0.2) is 11.5 Å². The van der Waals surface area contributed by atoms with E-state index < -0.39 is 12.1 Å². The summed E-state index contributed by atoms with van der Waals surface area (Å²) in [6.45, 7) is 0. The summed E-state index contributed by atoms with van der Waals surface area (Å²) in [5, 5.41) is 8.34. The Morgan fingerprint density at radius 1 is 1.06 bits per heavy atom. The molecule has 2 heterocycles. The van der Waals surface area contributed by atoms with Crippen molar-refractivity contribution in [2.45, 2.75) is 43.8 Å². The molecular weight excluding hydrogens is 449 g/mol. The van der Waals surface area contributed by atoms with Crippen molar-refractivity contribution in [3.05, 3.63) is 59.3 Å². The monoisotopic (exact) mass is 474 g/mol. The van der Waals surface area contributed by atoms with Crippen LogP contribution in [-0.2, 0) is 4.79 Å². The number of H-pyrrole nitrogens is 1. The lowest BCUT2D eigenvalue weighted by Crippen LogP contribution is -2.29. The van der Waals surface area contributed by atoms with Crippen molar-refractivity contribution in [3.8, 4) is 11.5 Å². The van der Waals surface area contributed by atoms with E-state index in [0.717, 1.165) is 34.8 Å². The highest BCUT2D eigenvalue weighted by Crippen LogP contribution is 2.44. The average molecular weight is 474 g/mol. The zero-order valence-corrected chi connectivity index (χ0v) is 18.8. The van der Waals surface area contributed by atoms with Gasteiger partial charge in [-0.25, -0.2) is 4.79 Å². The Morgan fingerprint density at radius 2 is 1.71 bits per heavy atom. The number of ether oxygens (including phenoxy) is 2. The number of aliphatic imine (C=N–C) groups is 1. The number of benzene rings is 2. The molecular formula is C25H25F3N2O4. The van der Waals surface area contributed by atoms with Gasteiger partial charge in [-0.2, -0.15) is 13.2 Å². The first-order chi connectivity index (χ1) is 16.2. The minimum atomic E-state index is -5.08. The maximum absolute atomic E-state index is 10.6. The number of aromatic nitrogens is 1. The van der Waals surface area contributed by atoms with Crippen LogP contribution in [-0.4, -0.2) is 48.2 Å². The average Bonchev–Trinajstić information content (AvgIpc) is 3.26. The van der Waals surface area contributed by atoms with Gasteiger partial charge in [0.2, 0.25) is 0 Å². The first-order valence-electron chi connectivity index (χ1n) is 10.9. The molecule has 6 nitrogen and oxygen atoms in total. The molecule has 0 amide bonds. The molecule has 0 radical (unpaired) electrons. The fraction of sp³-hybridized carbons (Fsp3) is 0.360. The van der Waals surface area contributed by atoms with E-state index >= 15 is 0 Å². The summed E-state index contributed by atoms with van der Waals surface area (Å²) < 4.78 is 42.9. The van der Waals surface area contributed by atoms with Crippen LogP contribution in [0.1, 0.15) is 48.4 Å². The molecule has 1 aromatic heterocycles. The summed E-state index contributed by atoms with van der Waals surface area (Å²) in [6.07, 6.45) is -0.210. The maximum atomic E-state index is 10.6. The predicted molar refractivity (Wildman–Crippen MR) is 122 cm³/mol. The Morgan fingerprint density at radius 3 is 2.35 bits per heavy atom. The van der Waals surface area contributed by atoms with E-state index in [9.17, 15) is 13.2 Å². The third-order valence-corrected chi connectivity index (χ3v) is 6.26. The molecule has 2 aliphatic rings. The normalized spacial score (nSPS) is 19.3. The summed E-state index contributed by atoms with van der Waals surface area (Å²) in [5.41, 5.74) is 5.78. The number of alkyl halides is 3. The van der Waals surface area contributed by atoms with E-state index in [0.29, 0.717) is 12.0 Å². The number of rotatable bonds is 3. The van der Waals surface area contributed by atoms with Gasteiger partial charge in [0.05, 0.1) is 31.7 Å². The van der Waals surface area contributed by atoms with Crippen LogP contribution in [0.4, 0.5) is 13.2 Å². The third-order valence-electron chi connectivity index (χ3n) is 6.26. The largest absolute Gasteiger partial charge is 0.493 e. The lowest BCUT2D eigenvalue weighted by Gasteiger charge is -2.35. The molecule has 0 spiro atoms. The van der Waals surface area contributed by atoms with Crippen LogP contribution in [0, 0.1) is 0 Å². The molecule has 0 unspecified atom stereocenters. The van der Waals surface area contributed by atoms with Crippen molar-refractivity contribution in [2.24, 2.45) is 4.99 Å². The van der Waals surface area contributed by atoms with Gasteiger partial charge in [0.25, 0.3) is 0 Å². The van der Waals surface area contributed by atoms with Gasteiger partial charge in [-0.15, -0.1) is 0 Å². The maximum Gasteiger partial charge on any atom is 0.490 e. The van der Waals surface area contributed by atoms with Crippen LogP contribution in [0.15, 0.2) is 47.5 Å². The molecule has 2 atom stereocenters. The van der Waals surface area contributed by atoms with Crippen LogP contribution in [0.2, 0.25) is 0 Å². The molecule has 1 aliphatic heterocycles. The van der Waals surface area contributed by atoms with Crippen molar-refractivity contribution >= 4 is 22.6 Å². The SMILES string of the molecule is COc1cc2c(cc1OC)[C@@H]1CCCC[C@@H]1N=C2c1cc2ccccc2[nH]1.O=C(O)C(F)(F)F. The Balaban J connectivity index is 0.000000344. The molecule has 180 valence electrons. The molecule has 0 saturated heterocycles. The van der Waals surface area contributed by atoms with Gasteiger partial charge in [-0.3, -0.25) is 4.99 Å². The van der Waals surface area contributed by atoms with Crippen LogP contribution in [0.25, 0.3) is 10.9 Å². The number of methoxy groups -OCH3 is 2. The van der Waals surface area contributed by atoms with Gasteiger partial charge in [0.1, 0.15) is 0 Å². The Hall–Kier alpha value is -3.49. The Bertz CT molecular complexity index is 1200. The zero-order valence-electron chi connectivity index (χ0n) is 18.8. The zero-order chi connectivity index (χ0) is 24.5. The first-order valence-corrected chi connectivity index (χ1v) is 10.9. The third kappa shape index (κ3) is 4.60. The van der Waals surface area contributed by atoms with Gasteiger partial charge in [-0.05, 0) is 42.7 Å². The number of fused-ring (bicyclic) bond motifs is 4. The minimum absolute atomic E-state index is 0.353. The van der Waals surface area contributed by atoms with Crippen molar-refractivity contribution in [2.75, 3.05) is 14.2 Å². The number of aromatic amines is 1. The van der Waals surface area contributed by atoms with E-state index in [1.54, 1.807) is 14.2 Å². The lowest BCUT2D eigenvalue weighted by molar-refractivity contribution is -0.192. The molecule has 1 fully saturated rings. The topological polar surface area (TPSA) is 83.9 Å². The smallest absolute Gasteiger partial charge is 0.490 e. The second-order valence-electron chi connectivity index (χ2n) is 8.30. The van der Waals surface area contributed by atoms with Gasteiger partial charge >= 0.3 is 12.1 Å². The summed E-state index contributed by atoms with van der Waals surface area (Å²) in [6, 6.07) is 15.2. The van der Waals surface area contributed by atoms with E-state index in [1.165, 1.54) is 35.8 Å². The number of carboxylic acids is 1. The van der Waals surface area contributed by atoms with Crippen LogP contribution in [0.3, 0.4) is 0 Å². The highest BCUT2D eigenvalue weighted by Gasteiger charge is 2.38. The molecule has 9 heteroatoms. The lowest BCUT2D eigenvalue weighted by atomic mass is 9.75. The van der Waals surface area contributed by atoms with Crippen LogP contribution in [0.5, 0.6) is 11.5 Å². The van der Waals surface area contributed by atoms with E-state index in [1.807, 2.05) is 0 Å². The number of para-hydroxylation sites is 1. The highest BCUT2D eigenvalue weighted by atomic mass is 19.4. The quantitative estimate of drug-likeness (QED) is 0.510. The fourth-order valence-electron chi connectivity index (χ4n) is 4.69. The molecule has 34 heavy (non-hydrogen) atoms. The van der Waals surface area contributed by atoms with E-state index in [2.05, 4.69) is 47.4 Å². The molecule has 1 aliphatic carbocycles. The van der Waals surface area contributed by atoms with Gasteiger partial charge in [-0.1, -0.05) is 31.0 Å². The molecule has 2 aromatic carbocycles. The van der Waals surface area contributed by atoms with Crippen molar-refractivity contribution in [1.29, 1.82) is 0 Å². The number of halogens is 3. The molecule has 0 bridgehead atoms. The first kappa shape index (κ1) is 23.7. The van der Waals surface area contributed by atoms with Crippen LogP contribution < -0.4 is 9.47 Å². The summed E-state index contributed by atoms with van der Waals surface area (Å²) >= 11 is 0. The minimum Gasteiger partial charge on any atom is -0.493 e. The molecule has 5 rings (SSSR count). The number of aliphatic carboxylic acids is 1. The van der Waals surface area contributed by atoms with Crippen LogP contribution >= 0.6 is 0 Å².